The number of piperazine rings is 1. The van der Waals surface area contributed by atoms with Crippen molar-refractivity contribution in [3.05, 3.63) is 28.3 Å². The first kappa shape index (κ1) is 20.8. The first-order valence-electron chi connectivity index (χ1n) is 9.59. The molecule has 0 unspecified atom stereocenters. The van der Waals surface area contributed by atoms with Crippen molar-refractivity contribution in [2.75, 3.05) is 62.7 Å². The zero-order valence-corrected chi connectivity index (χ0v) is 17.0. The Bertz CT molecular complexity index is 800. The fraction of sp³-hybridized carbons (Fsp3) is 0.667. The Morgan fingerprint density at radius 2 is 1.79 bits per heavy atom. The van der Waals surface area contributed by atoms with E-state index in [0.29, 0.717) is 12.6 Å². The minimum absolute atomic E-state index is 0.221. The van der Waals surface area contributed by atoms with Gasteiger partial charge in [0.15, 0.2) is 5.75 Å². The number of phenols is 1. The number of hydrogen-bond acceptors (Lipinski definition) is 8. The largest absolute Gasteiger partial charge is 0.502 e. The van der Waals surface area contributed by atoms with Crippen molar-refractivity contribution in [3.63, 3.8) is 0 Å². The maximum absolute atomic E-state index is 11.3. The molecule has 3 rings (SSSR count). The summed E-state index contributed by atoms with van der Waals surface area (Å²) < 4.78 is 22.6. The molecule has 1 aromatic rings. The molecule has 10 heteroatoms. The van der Waals surface area contributed by atoms with Crippen molar-refractivity contribution in [1.82, 2.24) is 9.80 Å². The van der Waals surface area contributed by atoms with Gasteiger partial charge in [-0.2, -0.15) is 0 Å². The van der Waals surface area contributed by atoms with Gasteiger partial charge in [-0.1, -0.05) is 0 Å². The molecule has 0 amide bonds. The van der Waals surface area contributed by atoms with Crippen LogP contribution in [0.2, 0.25) is 0 Å². The number of rotatable bonds is 6. The van der Waals surface area contributed by atoms with E-state index >= 15 is 0 Å². The zero-order valence-electron chi connectivity index (χ0n) is 16.2. The molecule has 0 atom stereocenters. The molecule has 2 fully saturated rings. The molecule has 0 aromatic heterocycles. The fourth-order valence-corrected chi connectivity index (χ4v) is 4.60. The van der Waals surface area contributed by atoms with Crippen molar-refractivity contribution in [1.29, 1.82) is 0 Å². The lowest BCUT2D eigenvalue weighted by Gasteiger charge is -2.43. The topological polar surface area (TPSA) is 107 Å². The van der Waals surface area contributed by atoms with Crippen LogP contribution in [0.25, 0.3) is 0 Å². The van der Waals surface area contributed by atoms with Gasteiger partial charge in [-0.25, -0.2) is 8.42 Å². The van der Waals surface area contributed by atoms with Gasteiger partial charge in [-0.05, 0) is 32.0 Å². The van der Waals surface area contributed by atoms with Crippen LogP contribution in [0.4, 0.5) is 11.4 Å². The molecule has 0 saturated carbocycles. The van der Waals surface area contributed by atoms with Crippen LogP contribution < -0.4 is 4.90 Å². The first-order valence-corrected chi connectivity index (χ1v) is 11.7. The van der Waals surface area contributed by atoms with Gasteiger partial charge in [0.25, 0.3) is 0 Å². The summed E-state index contributed by atoms with van der Waals surface area (Å²) in [6.45, 7) is 5.91. The third-order valence-corrected chi connectivity index (χ3v) is 6.61. The second-order valence-corrected chi connectivity index (χ2v) is 9.92. The number of nitro benzene ring substituents is 1. The van der Waals surface area contributed by atoms with E-state index in [0.717, 1.165) is 57.8 Å². The highest BCUT2D eigenvalue weighted by atomic mass is 32.2. The van der Waals surface area contributed by atoms with Crippen LogP contribution in [0.5, 0.6) is 5.75 Å². The lowest BCUT2D eigenvalue weighted by atomic mass is 10.0. The molecule has 0 spiro atoms. The smallest absolute Gasteiger partial charge is 0.310 e. The fourth-order valence-electron chi connectivity index (χ4n) is 4.01. The van der Waals surface area contributed by atoms with Crippen LogP contribution in [-0.4, -0.2) is 92.1 Å². The third-order valence-electron chi connectivity index (χ3n) is 5.69. The van der Waals surface area contributed by atoms with Gasteiger partial charge in [-0.15, -0.1) is 0 Å². The number of sulfone groups is 1. The van der Waals surface area contributed by atoms with Gasteiger partial charge in [-0.3, -0.25) is 15.0 Å². The number of phenolic OH excluding ortho intramolecular Hbond substituents is 1. The standard InChI is InChI=1S/C18H28N4O5S/c1-28(26,27)13-12-19-6-4-15(5-7-19)20-8-10-21(11-9-20)16-2-3-17(22(24)25)18(23)14-16/h2-3,14-15,23H,4-13H2,1H3. The van der Waals surface area contributed by atoms with E-state index in [1.165, 1.54) is 18.4 Å². The van der Waals surface area contributed by atoms with Gasteiger partial charge < -0.3 is 14.9 Å². The highest BCUT2D eigenvalue weighted by Crippen LogP contribution is 2.31. The molecule has 1 N–H and O–H groups in total. The van der Waals surface area contributed by atoms with E-state index in [1.807, 2.05) is 0 Å². The molecule has 28 heavy (non-hydrogen) atoms. The minimum Gasteiger partial charge on any atom is -0.502 e. The van der Waals surface area contributed by atoms with Crippen molar-refractivity contribution in [3.8, 4) is 5.75 Å². The number of likely N-dealkylation sites (tertiary alicyclic amines) is 1. The Morgan fingerprint density at radius 3 is 2.32 bits per heavy atom. The first-order chi connectivity index (χ1) is 13.2. The van der Waals surface area contributed by atoms with Crippen molar-refractivity contribution in [2.45, 2.75) is 18.9 Å². The van der Waals surface area contributed by atoms with Gasteiger partial charge in [0, 0.05) is 62.8 Å². The van der Waals surface area contributed by atoms with Gasteiger partial charge in [0.05, 0.1) is 10.7 Å². The number of anilines is 1. The van der Waals surface area contributed by atoms with Crippen LogP contribution in [0.1, 0.15) is 12.8 Å². The zero-order chi connectivity index (χ0) is 20.3. The second-order valence-electron chi connectivity index (χ2n) is 7.66. The number of piperidine rings is 1. The molecule has 0 radical (unpaired) electrons. The molecule has 0 aliphatic carbocycles. The summed E-state index contributed by atoms with van der Waals surface area (Å²) >= 11 is 0. The van der Waals surface area contributed by atoms with Crippen LogP contribution in [0.3, 0.4) is 0 Å². The SMILES string of the molecule is CS(=O)(=O)CCN1CCC(N2CCN(c3ccc([N+](=O)[O-])c(O)c3)CC2)CC1. The summed E-state index contributed by atoms with van der Waals surface area (Å²) in [5.74, 6) is -0.0790. The van der Waals surface area contributed by atoms with E-state index in [-0.39, 0.29) is 17.2 Å². The summed E-state index contributed by atoms with van der Waals surface area (Å²) in [6.07, 6.45) is 3.37. The van der Waals surface area contributed by atoms with E-state index in [9.17, 15) is 23.6 Å². The quantitative estimate of drug-likeness (QED) is 0.543. The van der Waals surface area contributed by atoms with E-state index < -0.39 is 14.8 Å². The number of benzene rings is 1. The average molecular weight is 413 g/mol. The molecule has 0 bridgehead atoms. The Labute approximate surface area is 165 Å². The van der Waals surface area contributed by atoms with Gasteiger partial charge in [0.1, 0.15) is 9.84 Å². The highest BCUT2D eigenvalue weighted by Gasteiger charge is 2.28. The highest BCUT2D eigenvalue weighted by molar-refractivity contribution is 7.90. The summed E-state index contributed by atoms with van der Waals surface area (Å²) in [5, 5.41) is 20.7. The molecule has 2 saturated heterocycles. The van der Waals surface area contributed by atoms with E-state index in [4.69, 9.17) is 0 Å². The Morgan fingerprint density at radius 1 is 1.14 bits per heavy atom. The Balaban J connectivity index is 1.47. The summed E-state index contributed by atoms with van der Waals surface area (Å²) in [5.41, 5.74) is 0.531. The molecule has 2 heterocycles. The lowest BCUT2D eigenvalue weighted by molar-refractivity contribution is -0.385. The minimum atomic E-state index is -2.91. The molecule has 1 aromatic carbocycles. The molecule has 2 aliphatic rings. The van der Waals surface area contributed by atoms with Crippen LogP contribution in [0.15, 0.2) is 18.2 Å². The van der Waals surface area contributed by atoms with E-state index in [2.05, 4.69) is 14.7 Å². The predicted octanol–water partition coefficient (Wildman–Crippen LogP) is 0.931. The number of nitrogens with zero attached hydrogens (tertiary/aromatic N) is 4. The van der Waals surface area contributed by atoms with E-state index in [1.54, 1.807) is 6.07 Å². The number of nitro groups is 1. The monoisotopic (exact) mass is 412 g/mol. The number of hydrogen-bond donors (Lipinski definition) is 1. The molecular formula is C18H28N4O5S. The van der Waals surface area contributed by atoms with Gasteiger partial charge in [0.2, 0.25) is 0 Å². The molecule has 156 valence electrons. The average Bonchev–Trinajstić information content (AvgIpc) is 2.66. The van der Waals surface area contributed by atoms with Crippen molar-refractivity contribution in [2.24, 2.45) is 0 Å². The van der Waals surface area contributed by atoms with Crippen molar-refractivity contribution < 1.29 is 18.4 Å². The van der Waals surface area contributed by atoms with Crippen molar-refractivity contribution >= 4 is 21.2 Å². The molecular weight excluding hydrogens is 384 g/mol. The third kappa shape index (κ3) is 5.33. The normalized spacial score (nSPS) is 20.4. The summed E-state index contributed by atoms with van der Waals surface area (Å²) in [6, 6.07) is 5.02. The molecule has 9 nitrogen and oxygen atoms in total. The maximum atomic E-state index is 11.3. The Hall–Kier alpha value is -1.91. The van der Waals surface area contributed by atoms with Gasteiger partial charge >= 0.3 is 5.69 Å². The summed E-state index contributed by atoms with van der Waals surface area (Å²) in [7, 11) is -2.91. The second kappa shape index (κ2) is 8.62. The van der Waals surface area contributed by atoms with Crippen LogP contribution in [-0.2, 0) is 9.84 Å². The van der Waals surface area contributed by atoms with Crippen LogP contribution in [0, 0.1) is 10.1 Å². The summed E-state index contributed by atoms with van der Waals surface area (Å²) in [4.78, 5) is 17.1. The molecule has 2 aliphatic heterocycles. The maximum Gasteiger partial charge on any atom is 0.310 e. The lowest BCUT2D eigenvalue weighted by Crippen LogP contribution is -2.53. The Kier molecular flexibility index (Phi) is 6.41. The predicted molar refractivity (Wildman–Crippen MR) is 108 cm³/mol. The number of aromatic hydroxyl groups is 1. The van der Waals surface area contributed by atoms with Crippen LogP contribution >= 0.6 is 0 Å².